The molecule has 0 N–H and O–H groups in total. The Bertz CT molecular complexity index is 326. The van der Waals surface area contributed by atoms with Gasteiger partial charge in [0.1, 0.15) is 0 Å². The van der Waals surface area contributed by atoms with Gasteiger partial charge in [-0.25, -0.2) is 0 Å². The second-order valence-corrected chi connectivity index (χ2v) is 4.71. The van der Waals surface area contributed by atoms with Crippen LogP contribution in [0.1, 0.15) is 18.4 Å². The van der Waals surface area contributed by atoms with E-state index in [1.54, 1.807) is 12.4 Å². The number of aromatic nitrogens is 1. The summed E-state index contributed by atoms with van der Waals surface area (Å²) in [5, 5.41) is 0.688. The smallest absolute Gasteiger partial charge is 0.0742 e. The Hall–Kier alpha value is -0.310. The highest BCUT2D eigenvalue weighted by Crippen LogP contribution is 2.24. The van der Waals surface area contributed by atoms with Crippen molar-refractivity contribution in [2.24, 2.45) is 0 Å². The SMILES string of the molecule is Clc1cnccc1CC(Cl)C1CCCO1. The Morgan fingerprint density at radius 1 is 1.60 bits per heavy atom. The quantitative estimate of drug-likeness (QED) is 0.764. The molecule has 0 amide bonds. The van der Waals surface area contributed by atoms with E-state index >= 15 is 0 Å². The van der Waals surface area contributed by atoms with Gasteiger partial charge in [0.05, 0.1) is 16.5 Å². The van der Waals surface area contributed by atoms with E-state index in [1.165, 1.54) is 0 Å². The van der Waals surface area contributed by atoms with Gasteiger partial charge in [0, 0.05) is 19.0 Å². The summed E-state index contributed by atoms with van der Waals surface area (Å²) in [7, 11) is 0. The molecule has 0 radical (unpaired) electrons. The van der Waals surface area contributed by atoms with Crippen LogP contribution in [0.3, 0.4) is 0 Å². The van der Waals surface area contributed by atoms with Gasteiger partial charge >= 0.3 is 0 Å². The number of nitrogens with zero attached hydrogens (tertiary/aromatic N) is 1. The fourth-order valence-electron chi connectivity index (χ4n) is 1.80. The maximum Gasteiger partial charge on any atom is 0.0742 e. The molecule has 2 nitrogen and oxygen atoms in total. The molecule has 1 saturated heterocycles. The Kier molecular flexibility index (Phi) is 3.84. The summed E-state index contributed by atoms with van der Waals surface area (Å²) in [5.41, 5.74) is 1.04. The second kappa shape index (κ2) is 5.15. The third-order valence-electron chi connectivity index (χ3n) is 2.64. The molecular formula is C11H13Cl2NO. The molecule has 4 heteroatoms. The van der Waals surface area contributed by atoms with Gasteiger partial charge in [-0.15, -0.1) is 11.6 Å². The van der Waals surface area contributed by atoms with E-state index in [0.717, 1.165) is 31.4 Å². The van der Waals surface area contributed by atoms with Crippen molar-refractivity contribution in [1.29, 1.82) is 0 Å². The second-order valence-electron chi connectivity index (χ2n) is 3.74. The molecule has 0 saturated carbocycles. The molecule has 1 aromatic rings. The third-order valence-corrected chi connectivity index (χ3v) is 3.42. The molecule has 1 aliphatic heterocycles. The highest BCUT2D eigenvalue weighted by Gasteiger charge is 2.24. The Labute approximate surface area is 99.6 Å². The molecule has 0 bridgehead atoms. The lowest BCUT2D eigenvalue weighted by Crippen LogP contribution is -2.22. The largest absolute Gasteiger partial charge is 0.377 e. The van der Waals surface area contributed by atoms with Crippen molar-refractivity contribution in [2.75, 3.05) is 6.61 Å². The van der Waals surface area contributed by atoms with E-state index in [0.29, 0.717) is 5.02 Å². The lowest BCUT2D eigenvalue weighted by molar-refractivity contribution is 0.107. The topological polar surface area (TPSA) is 22.1 Å². The van der Waals surface area contributed by atoms with Crippen LogP contribution in [0.4, 0.5) is 0 Å². The highest BCUT2D eigenvalue weighted by molar-refractivity contribution is 6.31. The molecule has 0 spiro atoms. The summed E-state index contributed by atoms with van der Waals surface area (Å²) in [6.07, 6.45) is 6.47. The zero-order valence-electron chi connectivity index (χ0n) is 8.33. The predicted molar refractivity (Wildman–Crippen MR) is 61.6 cm³/mol. The summed E-state index contributed by atoms with van der Waals surface area (Å²) in [6.45, 7) is 0.831. The van der Waals surface area contributed by atoms with Crippen LogP contribution in [0.15, 0.2) is 18.5 Å². The van der Waals surface area contributed by atoms with Gasteiger partial charge in [0.25, 0.3) is 0 Å². The average molecular weight is 246 g/mol. The van der Waals surface area contributed by atoms with Crippen molar-refractivity contribution >= 4 is 23.2 Å². The lowest BCUT2D eigenvalue weighted by Gasteiger charge is -2.16. The standard InChI is InChI=1S/C11H13Cl2NO/c12-9(11-2-1-5-15-11)6-8-3-4-14-7-10(8)13/h3-4,7,9,11H,1-2,5-6H2. The molecule has 2 atom stereocenters. The average Bonchev–Trinajstić information content (AvgIpc) is 2.74. The van der Waals surface area contributed by atoms with Crippen molar-refractivity contribution in [1.82, 2.24) is 4.98 Å². The maximum absolute atomic E-state index is 6.29. The van der Waals surface area contributed by atoms with Gasteiger partial charge in [0.2, 0.25) is 0 Å². The molecular weight excluding hydrogens is 233 g/mol. The minimum atomic E-state index is 0.00685. The molecule has 0 aliphatic carbocycles. The minimum Gasteiger partial charge on any atom is -0.377 e. The summed E-state index contributed by atoms with van der Waals surface area (Å²) >= 11 is 12.3. The van der Waals surface area contributed by atoms with E-state index in [2.05, 4.69) is 4.98 Å². The zero-order valence-corrected chi connectivity index (χ0v) is 9.84. The number of alkyl halides is 1. The van der Waals surface area contributed by atoms with Crippen LogP contribution in [0.2, 0.25) is 5.02 Å². The molecule has 82 valence electrons. The number of halogens is 2. The number of hydrogen-bond acceptors (Lipinski definition) is 2. The Balaban J connectivity index is 1.99. The van der Waals surface area contributed by atoms with E-state index in [9.17, 15) is 0 Å². The minimum absolute atomic E-state index is 0.00685. The van der Waals surface area contributed by atoms with E-state index in [1.807, 2.05) is 6.07 Å². The van der Waals surface area contributed by atoms with Gasteiger partial charge in [-0.3, -0.25) is 4.98 Å². The van der Waals surface area contributed by atoms with Crippen LogP contribution in [0.25, 0.3) is 0 Å². The summed E-state index contributed by atoms with van der Waals surface area (Å²) in [4.78, 5) is 3.94. The predicted octanol–water partition coefficient (Wildman–Crippen LogP) is 3.06. The van der Waals surface area contributed by atoms with E-state index < -0.39 is 0 Å². The van der Waals surface area contributed by atoms with Crippen LogP contribution in [0, 0.1) is 0 Å². The molecule has 2 rings (SSSR count). The molecule has 2 unspecified atom stereocenters. The van der Waals surface area contributed by atoms with Crippen LogP contribution >= 0.6 is 23.2 Å². The van der Waals surface area contributed by atoms with Crippen LogP contribution in [-0.2, 0) is 11.2 Å². The molecule has 1 aliphatic rings. The first-order chi connectivity index (χ1) is 7.27. The highest BCUT2D eigenvalue weighted by atomic mass is 35.5. The Morgan fingerprint density at radius 2 is 2.47 bits per heavy atom. The van der Waals surface area contributed by atoms with Gasteiger partial charge in [-0.05, 0) is 30.9 Å². The molecule has 15 heavy (non-hydrogen) atoms. The van der Waals surface area contributed by atoms with Crippen molar-refractivity contribution in [3.8, 4) is 0 Å². The first-order valence-corrected chi connectivity index (χ1v) is 5.93. The third kappa shape index (κ3) is 2.83. The summed E-state index contributed by atoms with van der Waals surface area (Å²) in [5.74, 6) is 0. The fraction of sp³-hybridized carbons (Fsp3) is 0.545. The fourth-order valence-corrected chi connectivity index (χ4v) is 2.36. The molecule has 1 fully saturated rings. The molecule has 1 aromatic heterocycles. The first-order valence-electron chi connectivity index (χ1n) is 5.11. The zero-order chi connectivity index (χ0) is 10.7. The first kappa shape index (κ1) is 11.2. The monoisotopic (exact) mass is 245 g/mol. The van der Waals surface area contributed by atoms with Crippen molar-refractivity contribution < 1.29 is 4.74 Å². The van der Waals surface area contributed by atoms with Gasteiger partial charge in [0.15, 0.2) is 0 Å². The van der Waals surface area contributed by atoms with Crippen LogP contribution < -0.4 is 0 Å². The van der Waals surface area contributed by atoms with E-state index in [-0.39, 0.29) is 11.5 Å². The van der Waals surface area contributed by atoms with Crippen LogP contribution in [-0.4, -0.2) is 23.1 Å². The number of hydrogen-bond donors (Lipinski definition) is 0. The van der Waals surface area contributed by atoms with Gasteiger partial charge in [-0.1, -0.05) is 11.6 Å². The molecule has 0 aromatic carbocycles. The number of rotatable bonds is 3. The van der Waals surface area contributed by atoms with Gasteiger partial charge in [-0.2, -0.15) is 0 Å². The molecule has 2 heterocycles. The Morgan fingerprint density at radius 3 is 3.13 bits per heavy atom. The van der Waals surface area contributed by atoms with Crippen molar-refractivity contribution in [3.05, 3.63) is 29.0 Å². The summed E-state index contributed by atoms with van der Waals surface area (Å²) in [6, 6.07) is 1.91. The number of ether oxygens (including phenoxy) is 1. The summed E-state index contributed by atoms with van der Waals surface area (Å²) < 4.78 is 5.54. The van der Waals surface area contributed by atoms with E-state index in [4.69, 9.17) is 27.9 Å². The normalized spacial score (nSPS) is 22.9. The van der Waals surface area contributed by atoms with Gasteiger partial charge < -0.3 is 4.74 Å². The van der Waals surface area contributed by atoms with Crippen molar-refractivity contribution in [3.63, 3.8) is 0 Å². The van der Waals surface area contributed by atoms with Crippen LogP contribution in [0.5, 0.6) is 0 Å². The lowest BCUT2D eigenvalue weighted by atomic mass is 10.1. The number of pyridine rings is 1. The van der Waals surface area contributed by atoms with Crippen molar-refractivity contribution in [2.45, 2.75) is 30.7 Å². The maximum atomic E-state index is 6.29.